The smallest absolute Gasteiger partial charge is 0.345 e. The van der Waals surface area contributed by atoms with Crippen molar-refractivity contribution >= 4 is 104 Å². The van der Waals surface area contributed by atoms with Gasteiger partial charge in [0.2, 0.25) is 29.5 Å². The van der Waals surface area contributed by atoms with Crippen molar-refractivity contribution in [3.05, 3.63) is 106 Å². The van der Waals surface area contributed by atoms with E-state index in [0.29, 0.717) is 39.3 Å². The molecule has 0 saturated carbocycles. The fraction of sp³-hybridized carbons (Fsp3) is 0.556. The molecule has 0 aliphatic carbocycles. The molecule has 0 spiro atoms. The molecule has 37 heteroatoms. The van der Waals surface area contributed by atoms with Gasteiger partial charge in [-0.25, -0.2) is 39.6 Å². The molecule has 3 aromatic carbocycles. The van der Waals surface area contributed by atoms with Gasteiger partial charge in [0, 0.05) is 63.3 Å². The molecule has 7 N–H and O–H groups in total. The number of thiol groups is 3. The number of sulfone groups is 3. The molecule has 3 aliphatic rings. The number of aliphatic carboxylic acids is 3. The van der Waals surface area contributed by atoms with Crippen molar-refractivity contribution in [2.75, 3.05) is 80.2 Å². The van der Waals surface area contributed by atoms with Crippen LogP contribution in [0.4, 0.5) is 0 Å². The lowest BCUT2D eigenvalue weighted by molar-refractivity contribution is -0.778. The summed E-state index contributed by atoms with van der Waals surface area (Å²) in [6.07, 6.45) is -2.73. The number of hydrogen-bond donors (Lipinski definition) is 7. The Bertz CT molecular complexity index is 3100. The first-order valence-electron chi connectivity index (χ1n) is 27.8. The van der Waals surface area contributed by atoms with E-state index in [1.807, 2.05) is 21.1 Å². The van der Waals surface area contributed by atoms with E-state index in [1.54, 1.807) is 18.2 Å². The lowest BCUT2D eigenvalue weighted by Gasteiger charge is -2.45. The maximum Gasteiger partial charge on any atom is 0.345 e. The number of nitrogens with zero attached hydrogens (tertiary/aromatic N) is 6. The van der Waals surface area contributed by atoms with Gasteiger partial charge in [-0.05, 0) is 57.2 Å². The number of rotatable bonds is 23. The van der Waals surface area contributed by atoms with Gasteiger partial charge in [-0.2, -0.15) is 14.7 Å². The third-order valence-corrected chi connectivity index (χ3v) is 24.1. The summed E-state index contributed by atoms with van der Waals surface area (Å²) >= 11 is 13.4. The van der Waals surface area contributed by atoms with Crippen LogP contribution < -0.4 is 32.5 Å². The minimum Gasteiger partial charge on any atom is -0.550 e. The van der Waals surface area contributed by atoms with E-state index in [0.717, 1.165) is 0 Å². The largest absolute Gasteiger partial charge is 0.550 e. The first-order valence-corrected chi connectivity index (χ1v) is 33.5. The van der Waals surface area contributed by atoms with Crippen LogP contribution in [0.2, 0.25) is 0 Å². The standard InChI is InChI=1S/3C16H24N3O5S2.C6H8O7/c3*1-3-24-14(20)16(17,26(22,23)13-7-5-4-6-8-13)15(18-21)9-11-19(2,25)12-10-15;7-3(8)1-6(13,5(11)12)2-4(9)10/h3*4-8,25H,3,9-12,17H2,1-2H3;13H,1-2H2,(H,7,8)(H,9,10)(H,11,12)/q3*+1;/p-3. The molecule has 3 atom stereocenters. The molecule has 0 amide bonds. The Morgan fingerprint density at radius 2 is 0.670 bits per heavy atom. The Labute approximate surface area is 543 Å². The highest BCUT2D eigenvalue weighted by atomic mass is 32.2. The van der Waals surface area contributed by atoms with Crippen molar-refractivity contribution in [3.8, 4) is 0 Å². The Kier molecular flexibility index (Phi) is 26.8. The van der Waals surface area contributed by atoms with Crippen LogP contribution >= 0.6 is 38.4 Å². The van der Waals surface area contributed by atoms with Crippen LogP contribution in [0.3, 0.4) is 0 Å². The van der Waals surface area contributed by atoms with Gasteiger partial charge in [0.05, 0.1) is 139 Å². The summed E-state index contributed by atoms with van der Waals surface area (Å²) < 4.78 is 95.9. The Morgan fingerprint density at radius 1 is 0.473 bits per heavy atom. The fourth-order valence-electron chi connectivity index (χ4n) is 10.3. The lowest BCUT2D eigenvalue weighted by atomic mass is 9.81. The summed E-state index contributed by atoms with van der Waals surface area (Å²) in [6.45, 7) is 6.39. The average Bonchev–Trinajstić information content (AvgIpc) is 0.734. The van der Waals surface area contributed by atoms with Gasteiger partial charge in [0.15, 0.2) is 16.6 Å². The number of aliphatic hydroxyl groups is 1. The van der Waals surface area contributed by atoms with Crippen molar-refractivity contribution in [1.82, 2.24) is 0 Å². The van der Waals surface area contributed by atoms with E-state index in [4.69, 9.17) is 36.5 Å². The molecular weight excluding hydrogens is 1320 g/mol. The average molecular weight is 1400 g/mol. The van der Waals surface area contributed by atoms with Gasteiger partial charge in [0.25, 0.3) is 14.6 Å². The Hall–Kier alpha value is -6.10. The molecule has 0 radical (unpaired) electrons. The number of esters is 3. The second kappa shape index (κ2) is 30.8. The molecule has 0 aromatic heterocycles. The van der Waals surface area contributed by atoms with Crippen molar-refractivity contribution in [2.45, 2.75) is 124 Å². The number of carbonyl (C=O) groups excluding carboxylic acids is 6. The number of nitroso groups, excluding NO2 is 3. The lowest BCUT2D eigenvalue weighted by Crippen LogP contribution is -2.72. The zero-order chi connectivity index (χ0) is 69.6. The third kappa shape index (κ3) is 16.6. The van der Waals surface area contributed by atoms with Crippen LogP contribution in [0.15, 0.2) is 121 Å². The van der Waals surface area contributed by atoms with Crippen molar-refractivity contribution in [3.63, 3.8) is 0 Å². The van der Waals surface area contributed by atoms with Crippen molar-refractivity contribution in [1.29, 1.82) is 0 Å². The van der Waals surface area contributed by atoms with Gasteiger partial charge in [0.1, 0.15) is 5.60 Å². The Morgan fingerprint density at radius 3 is 0.824 bits per heavy atom. The molecule has 506 valence electrons. The summed E-state index contributed by atoms with van der Waals surface area (Å²) in [5.74, 6) is -9.49. The van der Waals surface area contributed by atoms with E-state index in [9.17, 15) is 84.1 Å². The number of carbonyl (C=O) groups is 6. The zero-order valence-corrected chi connectivity index (χ0v) is 55.8. The molecule has 91 heavy (non-hydrogen) atoms. The van der Waals surface area contributed by atoms with E-state index in [2.05, 4.69) is 54.0 Å². The van der Waals surface area contributed by atoms with Crippen LogP contribution in [0.5, 0.6) is 0 Å². The fourth-order valence-corrected chi connectivity index (χ4v) is 16.6. The summed E-state index contributed by atoms with van der Waals surface area (Å²) in [7, 11) is -7.88. The minimum absolute atomic E-state index is 0.00211. The highest BCUT2D eigenvalue weighted by Gasteiger charge is 2.70. The number of ether oxygens (including phenoxy) is 3. The number of piperidine rings is 3. The van der Waals surface area contributed by atoms with Crippen LogP contribution in [0.25, 0.3) is 0 Å². The number of hydrogen-bond acceptors (Lipinski definition) is 31. The van der Waals surface area contributed by atoms with Crippen LogP contribution in [0, 0.1) is 14.7 Å². The normalized spacial score (nSPS) is 26.2. The first-order chi connectivity index (χ1) is 42.0. The summed E-state index contributed by atoms with van der Waals surface area (Å²) in [4.78, 5) is 95.6. The van der Waals surface area contributed by atoms with Crippen molar-refractivity contribution < 1.29 is 100 Å². The molecule has 3 heterocycles. The van der Waals surface area contributed by atoms with Gasteiger partial charge in [-0.15, -0.1) is 0 Å². The summed E-state index contributed by atoms with van der Waals surface area (Å²) in [6, 6.07) is 22.0. The van der Waals surface area contributed by atoms with Gasteiger partial charge < -0.3 is 66.2 Å². The molecule has 3 unspecified atom stereocenters. The van der Waals surface area contributed by atoms with E-state index in [-0.39, 0.29) is 84.7 Å². The molecule has 0 bridgehead atoms. The molecule has 3 aromatic rings. The Balaban J connectivity index is 0.000000325. The number of nitrogens with two attached hydrogens (primary N) is 3. The third-order valence-electron chi connectivity index (χ3n) is 16.1. The number of benzene rings is 3. The minimum atomic E-state index is -4.45. The number of carboxylic acid groups (broad SMARTS) is 3. The number of likely N-dealkylation sites (tertiary alicyclic amines) is 3. The van der Waals surface area contributed by atoms with Crippen LogP contribution in [-0.4, -0.2) is 195 Å². The molecule has 3 fully saturated rings. The molecule has 31 nitrogen and oxygen atoms in total. The van der Waals surface area contributed by atoms with Crippen molar-refractivity contribution in [2.24, 2.45) is 32.7 Å². The molecule has 3 aliphatic heterocycles. The van der Waals surface area contributed by atoms with Gasteiger partial charge >= 0.3 is 17.9 Å². The number of quaternary nitrogens is 3. The summed E-state index contributed by atoms with van der Waals surface area (Å²) in [5.41, 5.74) is 10.3. The first kappa shape index (κ1) is 79.1. The number of carboxylic acids is 3. The van der Waals surface area contributed by atoms with Gasteiger partial charge in [-0.1, -0.05) is 70.1 Å². The van der Waals surface area contributed by atoms with Crippen LogP contribution in [0.1, 0.15) is 72.1 Å². The van der Waals surface area contributed by atoms with E-state index >= 15 is 0 Å². The van der Waals surface area contributed by atoms with E-state index < -0.39 is 115 Å². The second-order valence-electron chi connectivity index (χ2n) is 22.5. The molecule has 3 saturated heterocycles. The highest BCUT2D eigenvalue weighted by molar-refractivity contribution is 7.94. The molecule has 6 rings (SSSR count). The van der Waals surface area contributed by atoms with Gasteiger partial charge in [-0.3, -0.25) is 11.7 Å². The quantitative estimate of drug-likeness (QED) is 0.0188. The maximum absolute atomic E-state index is 13.3. The predicted molar refractivity (Wildman–Crippen MR) is 329 cm³/mol. The zero-order valence-electron chi connectivity index (χ0n) is 50.7. The SMILES string of the molecule is CCOC(=O)C(N)(C1(N=O)CC[N+](C)(S)CC1)S(=O)(=O)c1ccccc1.CCOC(=O)C(N)(C1(N=O)CC[N+](C)(S)CC1)S(=O)(=O)c1ccccc1.CCOC(=O)C(N)(C1(N=O)CC[N+](C)(S)CC1)S(=O)(=O)c1ccccc1.O=C([O-])CC(O)(CC(=O)[O-])C(=O)[O-]. The topological polar surface area (TPSA) is 488 Å². The second-order valence-corrected chi connectivity index (χ2v) is 31.7. The highest BCUT2D eigenvalue weighted by Crippen LogP contribution is 2.47. The van der Waals surface area contributed by atoms with Crippen LogP contribution in [-0.2, 0) is 72.5 Å². The van der Waals surface area contributed by atoms with E-state index in [1.165, 1.54) is 93.6 Å². The maximum atomic E-state index is 13.3. The monoisotopic (exact) mass is 1400 g/mol. The predicted octanol–water partition coefficient (Wildman–Crippen LogP) is -1.45. The summed E-state index contributed by atoms with van der Waals surface area (Å²) in [5, 5.41) is 48.3. The molecular formula is C54H77N9O22S6.